The standard InChI is InChI=1S/C22H22N2O4S/c1-15-11-16(2)13-18(12-15)23-22(25)17-7-6-8-19(14-17)29(26,27)24-20-9-4-5-10-21(20)28-3/h4-14,24H,1-3H3,(H,23,25). The van der Waals surface area contributed by atoms with Crippen molar-refractivity contribution in [3.8, 4) is 5.75 Å². The van der Waals surface area contributed by atoms with E-state index in [1.165, 1.54) is 25.3 Å². The average Bonchev–Trinajstić information content (AvgIpc) is 2.67. The molecular weight excluding hydrogens is 388 g/mol. The van der Waals surface area contributed by atoms with Crippen molar-refractivity contribution in [1.82, 2.24) is 0 Å². The molecule has 3 rings (SSSR count). The number of anilines is 2. The molecule has 150 valence electrons. The van der Waals surface area contributed by atoms with E-state index in [9.17, 15) is 13.2 Å². The number of amides is 1. The smallest absolute Gasteiger partial charge is 0.262 e. The van der Waals surface area contributed by atoms with Crippen LogP contribution < -0.4 is 14.8 Å². The number of methoxy groups -OCH3 is 1. The van der Waals surface area contributed by atoms with Gasteiger partial charge in [-0.05, 0) is 67.4 Å². The maximum atomic E-state index is 12.8. The van der Waals surface area contributed by atoms with Gasteiger partial charge >= 0.3 is 0 Å². The first kappa shape index (κ1) is 20.4. The van der Waals surface area contributed by atoms with Crippen molar-refractivity contribution >= 4 is 27.3 Å². The van der Waals surface area contributed by atoms with Crippen molar-refractivity contribution in [2.45, 2.75) is 18.7 Å². The second kappa shape index (κ2) is 8.36. The van der Waals surface area contributed by atoms with E-state index < -0.39 is 10.0 Å². The van der Waals surface area contributed by atoms with Crippen LogP contribution in [-0.2, 0) is 10.0 Å². The first-order valence-electron chi connectivity index (χ1n) is 8.94. The Bertz CT molecular complexity index is 1140. The lowest BCUT2D eigenvalue weighted by Gasteiger charge is -2.12. The van der Waals surface area contributed by atoms with Crippen LogP contribution in [-0.4, -0.2) is 21.4 Å². The molecule has 1 amide bonds. The third kappa shape index (κ3) is 4.94. The van der Waals surface area contributed by atoms with E-state index >= 15 is 0 Å². The van der Waals surface area contributed by atoms with Gasteiger partial charge in [-0.2, -0.15) is 0 Å². The van der Waals surface area contributed by atoms with Gasteiger partial charge in [0, 0.05) is 11.3 Å². The molecule has 29 heavy (non-hydrogen) atoms. The van der Waals surface area contributed by atoms with E-state index in [4.69, 9.17) is 4.74 Å². The van der Waals surface area contributed by atoms with Crippen LogP contribution in [0.1, 0.15) is 21.5 Å². The van der Waals surface area contributed by atoms with Gasteiger partial charge in [0.2, 0.25) is 0 Å². The summed E-state index contributed by atoms with van der Waals surface area (Å²) in [4.78, 5) is 12.6. The van der Waals surface area contributed by atoms with E-state index in [0.717, 1.165) is 11.1 Å². The van der Waals surface area contributed by atoms with E-state index in [1.807, 2.05) is 32.0 Å². The quantitative estimate of drug-likeness (QED) is 0.632. The van der Waals surface area contributed by atoms with Crippen LogP contribution in [0.3, 0.4) is 0 Å². The Morgan fingerprint density at radius 2 is 1.59 bits per heavy atom. The minimum atomic E-state index is -3.90. The van der Waals surface area contributed by atoms with Crippen LogP contribution in [0.5, 0.6) is 5.75 Å². The summed E-state index contributed by atoms with van der Waals surface area (Å²) in [6, 6.07) is 18.3. The number of rotatable bonds is 6. The molecule has 0 atom stereocenters. The minimum absolute atomic E-state index is 0.0171. The summed E-state index contributed by atoms with van der Waals surface area (Å²) < 4.78 is 33.3. The zero-order valence-corrected chi connectivity index (χ0v) is 17.2. The molecule has 0 radical (unpaired) electrons. The highest BCUT2D eigenvalue weighted by atomic mass is 32.2. The Balaban J connectivity index is 1.85. The van der Waals surface area contributed by atoms with Crippen molar-refractivity contribution in [2.75, 3.05) is 17.1 Å². The number of nitrogens with one attached hydrogen (secondary N) is 2. The van der Waals surface area contributed by atoms with E-state index in [-0.39, 0.29) is 16.4 Å². The fraction of sp³-hybridized carbons (Fsp3) is 0.136. The highest BCUT2D eigenvalue weighted by Crippen LogP contribution is 2.26. The second-order valence-corrected chi connectivity index (χ2v) is 8.35. The minimum Gasteiger partial charge on any atom is -0.495 e. The van der Waals surface area contributed by atoms with E-state index in [0.29, 0.717) is 17.1 Å². The van der Waals surface area contributed by atoms with Crippen LogP contribution in [0.4, 0.5) is 11.4 Å². The van der Waals surface area contributed by atoms with Gasteiger partial charge in [-0.15, -0.1) is 0 Å². The molecule has 6 nitrogen and oxygen atoms in total. The molecule has 3 aromatic carbocycles. The lowest BCUT2D eigenvalue weighted by Crippen LogP contribution is -2.16. The van der Waals surface area contributed by atoms with Gasteiger partial charge in [-0.25, -0.2) is 8.42 Å². The topological polar surface area (TPSA) is 84.5 Å². The summed E-state index contributed by atoms with van der Waals surface area (Å²) >= 11 is 0. The normalized spacial score (nSPS) is 11.0. The Hall–Kier alpha value is -3.32. The van der Waals surface area contributed by atoms with Crippen molar-refractivity contribution in [3.63, 3.8) is 0 Å². The summed E-state index contributed by atoms with van der Waals surface area (Å²) in [7, 11) is -2.43. The van der Waals surface area contributed by atoms with Crippen LogP contribution in [0.15, 0.2) is 71.6 Å². The van der Waals surface area contributed by atoms with Gasteiger partial charge in [0.25, 0.3) is 15.9 Å². The maximum Gasteiger partial charge on any atom is 0.262 e. The number of carbonyl (C=O) groups is 1. The Morgan fingerprint density at radius 1 is 0.897 bits per heavy atom. The zero-order chi connectivity index (χ0) is 21.0. The summed E-state index contributed by atoms with van der Waals surface area (Å²) in [5.41, 5.74) is 3.27. The molecule has 7 heteroatoms. The SMILES string of the molecule is COc1ccccc1NS(=O)(=O)c1cccc(C(=O)Nc2cc(C)cc(C)c2)c1. The van der Waals surface area contributed by atoms with Crippen molar-refractivity contribution in [2.24, 2.45) is 0 Å². The second-order valence-electron chi connectivity index (χ2n) is 6.66. The number of para-hydroxylation sites is 2. The summed E-state index contributed by atoms with van der Waals surface area (Å²) in [6.07, 6.45) is 0. The Labute approximate surface area is 170 Å². The van der Waals surface area contributed by atoms with Gasteiger partial charge < -0.3 is 10.1 Å². The van der Waals surface area contributed by atoms with Gasteiger partial charge in [0.05, 0.1) is 17.7 Å². The Kier molecular flexibility index (Phi) is 5.89. The number of sulfonamides is 1. The molecule has 0 fully saturated rings. The van der Waals surface area contributed by atoms with Crippen molar-refractivity contribution in [3.05, 3.63) is 83.4 Å². The zero-order valence-electron chi connectivity index (χ0n) is 16.4. The molecule has 2 N–H and O–H groups in total. The van der Waals surface area contributed by atoms with Crippen molar-refractivity contribution in [1.29, 1.82) is 0 Å². The first-order chi connectivity index (χ1) is 13.8. The third-order valence-electron chi connectivity index (χ3n) is 4.24. The Morgan fingerprint density at radius 3 is 2.28 bits per heavy atom. The predicted molar refractivity (Wildman–Crippen MR) is 114 cm³/mol. The molecule has 0 saturated carbocycles. The molecule has 0 aliphatic rings. The third-order valence-corrected chi connectivity index (χ3v) is 5.60. The molecule has 0 aliphatic heterocycles. The fourth-order valence-electron chi connectivity index (χ4n) is 2.99. The molecule has 0 heterocycles. The number of benzene rings is 3. The molecule has 0 unspecified atom stereocenters. The molecule has 3 aromatic rings. The van der Waals surface area contributed by atoms with Gasteiger partial charge in [0.15, 0.2) is 0 Å². The highest BCUT2D eigenvalue weighted by Gasteiger charge is 2.18. The molecular formula is C22H22N2O4S. The predicted octanol–water partition coefficient (Wildman–Crippen LogP) is 4.37. The number of hydrogen-bond donors (Lipinski definition) is 2. The lowest BCUT2D eigenvalue weighted by atomic mass is 10.1. The van der Waals surface area contributed by atoms with E-state index in [2.05, 4.69) is 10.0 Å². The molecule has 0 aromatic heterocycles. The lowest BCUT2D eigenvalue weighted by molar-refractivity contribution is 0.102. The first-order valence-corrected chi connectivity index (χ1v) is 10.4. The van der Waals surface area contributed by atoms with Gasteiger partial charge in [0.1, 0.15) is 5.75 Å². The maximum absolute atomic E-state index is 12.8. The van der Waals surface area contributed by atoms with Gasteiger partial charge in [-0.3, -0.25) is 9.52 Å². The summed E-state index contributed by atoms with van der Waals surface area (Å²) in [6.45, 7) is 3.89. The fourth-order valence-corrected chi connectivity index (χ4v) is 4.10. The summed E-state index contributed by atoms with van der Waals surface area (Å²) in [5.74, 6) is 0.0177. The van der Waals surface area contributed by atoms with Gasteiger partial charge in [-0.1, -0.05) is 24.3 Å². The number of ether oxygens (including phenoxy) is 1. The largest absolute Gasteiger partial charge is 0.495 e. The number of aryl methyl sites for hydroxylation is 2. The molecule has 0 spiro atoms. The van der Waals surface area contributed by atoms with Crippen molar-refractivity contribution < 1.29 is 17.9 Å². The highest BCUT2D eigenvalue weighted by molar-refractivity contribution is 7.92. The van der Waals surface area contributed by atoms with Crippen LogP contribution in [0, 0.1) is 13.8 Å². The van der Waals surface area contributed by atoms with Crippen LogP contribution >= 0.6 is 0 Å². The molecule has 0 aliphatic carbocycles. The molecule has 0 bridgehead atoms. The average molecular weight is 410 g/mol. The number of carbonyl (C=O) groups excluding carboxylic acids is 1. The monoisotopic (exact) mass is 410 g/mol. The molecule has 0 saturated heterocycles. The summed E-state index contributed by atoms with van der Waals surface area (Å²) in [5, 5.41) is 2.81. The van der Waals surface area contributed by atoms with Crippen LogP contribution in [0.2, 0.25) is 0 Å². The van der Waals surface area contributed by atoms with E-state index in [1.54, 1.807) is 30.3 Å². The van der Waals surface area contributed by atoms with Crippen LogP contribution in [0.25, 0.3) is 0 Å². The number of hydrogen-bond acceptors (Lipinski definition) is 4.